The zero-order valence-electron chi connectivity index (χ0n) is 14.7. The largest absolute Gasteiger partial charge is 0.359 e. The molecule has 2 aromatic carbocycles. The summed E-state index contributed by atoms with van der Waals surface area (Å²) in [5, 5.41) is 25.4. The number of nitrogens with one attached hydrogen (secondary N) is 2. The normalized spacial score (nSPS) is 20.9. The Hall–Kier alpha value is -2.58. The van der Waals surface area contributed by atoms with Crippen molar-refractivity contribution in [2.75, 3.05) is 5.08 Å². The Balaban J connectivity index is 1.55. The van der Waals surface area contributed by atoms with Gasteiger partial charge in [0.05, 0.1) is 17.5 Å². The molecule has 0 amide bonds. The van der Waals surface area contributed by atoms with E-state index in [-0.39, 0.29) is 0 Å². The van der Waals surface area contributed by atoms with Gasteiger partial charge in [-0.15, -0.1) is 10.2 Å². The Morgan fingerprint density at radius 1 is 0.667 bits per heavy atom. The first-order chi connectivity index (χ1) is 13.4. The lowest BCUT2D eigenvalue weighted by Gasteiger charge is -2.10. The molecule has 138 valence electrons. The summed E-state index contributed by atoms with van der Waals surface area (Å²) in [6.07, 6.45) is 3.05. The Morgan fingerprint density at radius 3 is 1.56 bits per heavy atom. The summed E-state index contributed by atoms with van der Waals surface area (Å²) >= 11 is 3.17. The number of nitrogens with zero attached hydrogens (tertiary/aromatic N) is 4. The van der Waals surface area contributed by atoms with Gasteiger partial charge in [0.15, 0.2) is 10.3 Å². The molecule has 0 spiro atoms. The molecule has 2 N–H and O–H groups in total. The third-order valence-corrected chi connectivity index (χ3v) is 5.40. The molecule has 0 saturated carbocycles. The first kappa shape index (κ1) is 19.2. The highest BCUT2D eigenvalue weighted by atomic mass is 32.2. The number of hydrogen-bond acceptors (Lipinski definition) is 8. The third kappa shape index (κ3) is 7.28. The molecule has 3 rings (SSSR count). The molecule has 1 aliphatic rings. The summed E-state index contributed by atoms with van der Waals surface area (Å²) in [6, 6.07) is 20.4. The van der Waals surface area contributed by atoms with Crippen LogP contribution in [0.5, 0.6) is 0 Å². The Kier molecular flexibility index (Phi) is 7.96. The van der Waals surface area contributed by atoms with Gasteiger partial charge < -0.3 is 10.6 Å². The van der Waals surface area contributed by atoms with Crippen LogP contribution in [0.3, 0.4) is 0 Å². The average molecular weight is 397 g/mol. The maximum atomic E-state index is 4.22. The highest BCUT2D eigenvalue weighted by Crippen LogP contribution is 2.15. The van der Waals surface area contributed by atoms with Crippen molar-refractivity contribution in [1.82, 2.24) is 10.6 Å². The smallest absolute Gasteiger partial charge is 0.184 e. The number of hydrogen-bond donors (Lipinski definition) is 2. The van der Waals surface area contributed by atoms with E-state index >= 15 is 0 Å². The van der Waals surface area contributed by atoms with Crippen LogP contribution < -0.4 is 10.6 Å². The summed E-state index contributed by atoms with van der Waals surface area (Å²) in [6.45, 7) is 1.41. The summed E-state index contributed by atoms with van der Waals surface area (Å²) in [5.74, 6) is 0. The van der Waals surface area contributed by atoms with Crippen LogP contribution in [0.25, 0.3) is 0 Å². The van der Waals surface area contributed by atoms with Crippen LogP contribution in [0.1, 0.15) is 11.1 Å². The van der Waals surface area contributed by atoms with Gasteiger partial charge in [-0.3, -0.25) is 0 Å². The molecule has 6 nitrogen and oxygen atoms in total. The van der Waals surface area contributed by atoms with Crippen LogP contribution in [-0.4, -0.2) is 27.8 Å². The fourth-order valence-electron chi connectivity index (χ4n) is 2.15. The highest BCUT2D eigenvalue weighted by Gasteiger charge is 2.06. The van der Waals surface area contributed by atoms with Gasteiger partial charge in [0.2, 0.25) is 0 Å². The SMILES string of the molecule is C1=N/N=C(/NCc2ccccc2)SCS/C(NCc2ccccc2)=N/N=C/1. The quantitative estimate of drug-likeness (QED) is 0.827. The number of thioether (sulfide) groups is 2. The molecule has 1 heterocycles. The second kappa shape index (κ2) is 11.2. The molecule has 0 saturated heterocycles. The molecule has 0 radical (unpaired) electrons. The number of benzene rings is 2. The summed E-state index contributed by atoms with van der Waals surface area (Å²) in [4.78, 5) is 0. The predicted octanol–water partition coefficient (Wildman–Crippen LogP) is 3.69. The standard InChI is InChI=1S/C19H20N6S2/c1-3-7-16(8-4-1)13-20-18-24-22-11-12-23-25-19(27-15-26-18)21-14-17-9-5-2-6-10-17/h1-12H,13-15H2,(H,20,24)(H,21,25)/b22-11+,23-12+. The van der Waals surface area contributed by atoms with Crippen molar-refractivity contribution < 1.29 is 0 Å². The molecule has 2 aromatic rings. The van der Waals surface area contributed by atoms with E-state index in [2.05, 4.69) is 55.3 Å². The molecule has 8 heteroatoms. The minimum Gasteiger partial charge on any atom is -0.359 e. The van der Waals surface area contributed by atoms with E-state index in [1.807, 2.05) is 36.4 Å². The monoisotopic (exact) mass is 396 g/mol. The fraction of sp³-hybridized carbons (Fsp3) is 0.158. The molecule has 0 aromatic heterocycles. The lowest BCUT2D eigenvalue weighted by atomic mass is 10.2. The molecule has 0 unspecified atom stereocenters. The first-order valence-electron chi connectivity index (χ1n) is 8.42. The van der Waals surface area contributed by atoms with Crippen molar-refractivity contribution in [2.45, 2.75) is 13.1 Å². The zero-order valence-corrected chi connectivity index (χ0v) is 16.3. The second-order valence-electron chi connectivity index (χ2n) is 5.42. The van der Waals surface area contributed by atoms with Gasteiger partial charge in [0.25, 0.3) is 0 Å². The summed E-state index contributed by atoms with van der Waals surface area (Å²) < 4.78 is 0. The molecule has 0 aliphatic carbocycles. The average Bonchev–Trinajstić information content (AvgIpc) is 2.77. The van der Waals surface area contributed by atoms with Crippen molar-refractivity contribution in [1.29, 1.82) is 0 Å². The summed E-state index contributed by atoms with van der Waals surface area (Å²) in [7, 11) is 0. The minimum absolute atomic E-state index is 0.703. The molecular weight excluding hydrogens is 376 g/mol. The van der Waals surface area contributed by atoms with Crippen molar-refractivity contribution in [3.05, 3.63) is 71.8 Å². The van der Waals surface area contributed by atoms with Gasteiger partial charge in [0.1, 0.15) is 0 Å². The Labute approximate surface area is 167 Å². The van der Waals surface area contributed by atoms with Gasteiger partial charge in [0, 0.05) is 13.1 Å². The van der Waals surface area contributed by atoms with E-state index in [0.29, 0.717) is 13.1 Å². The van der Waals surface area contributed by atoms with Crippen LogP contribution in [-0.2, 0) is 13.1 Å². The van der Waals surface area contributed by atoms with Crippen LogP contribution >= 0.6 is 23.5 Å². The summed E-state index contributed by atoms with van der Waals surface area (Å²) in [5.41, 5.74) is 2.39. The van der Waals surface area contributed by atoms with Gasteiger partial charge >= 0.3 is 0 Å². The molecule has 0 bridgehead atoms. The molecule has 1 aliphatic heterocycles. The van der Waals surface area contributed by atoms with Crippen molar-refractivity contribution >= 4 is 46.3 Å². The maximum absolute atomic E-state index is 4.22. The molecule has 0 fully saturated rings. The zero-order chi connectivity index (χ0) is 18.6. The van der Waals surface area contributed by atoms with E-state index < -0.39 is 0 Å². The Bertz CT molecular complexity index is 749. The predicted molar refractivity (Wildman–Crippen MR) is 118 cm³/mol. The van der Waals surface area contributed by atoms with Crippen molar-refractivity contribution in [3.63, 3.8) is 0 Å². The van der Waals surface area contributed by atoms with Crippen LogP contribution in [0, 0.1) is 0 Å². The molecule has 0 atom stereocenters. The van der Waals surface area contributed by atoms with Crippen LogP contribution in [0.15, 0.2) is 81.1 Å². The number of rotatable bonds is 4. The molecule has 27 heavy (non-hydrogen) atoms. The Morgan fingerprint density at radius 2 is 1.11 bits per heavy atom. The van der Waals surface area contributed by atoms with Crippen LogP contribution in [0.4, 0.5) is 0 Å². The maximum Gasteiger partial charge on any atom is 0.184 e. The van der Waals surface area contributed by atoms with Crippen molar-refractivity contribution in [2.24, 2.45) is 20.4 Å². The van der Waals surface area contributed by atoms with E-state index in [1.165, 1.54) is 23.6 Å². The van der Waals surface area contributed by atoms with E-state index in [1.54, 1.807) is 23.5 Å². The van der Waals surface area contributed by atoms with Crippen molar-refractivity contribution in [3.8, 4) is 0 Å². The van der Waals surface area contributed by atoms with Gasteiger partial charge in [-0.1, -0.05) is 84.2 Å². The molecular formula is C19H20N6S2. The first-order valence-corrected chi connectivity index (χ1v) is 10.4. The van der Waals surface area contributed by atoms with Gasteiger partial charge in [-0.2, -0.15) is 10.2 Å². The van der Waals surface area contributed by atoms with E-state index in [0.717, 1.165) is 15.4 Å². The topological polar surface area (TPSA) is 73.5 Å². The van der Waals surface area contributed by atoms with Gasteiger partial charge in [-0.05, 0) is 11.1 Å². The fourth-order valence-corrected chi connectivity index (χ4v) is 3.84. The lowest BCUT2D eigenvalue weighted by molar-refractivity contribution is 0.921. The third-order valence-electron chi connectivity index (χ3n) is 3.46. The minimum atomic E-state index is 0.703. The highest BCUT2D eigenvalue weighted by molar-refractivity contribution is 8.29. The van der Waals surface area contributed by atoms with Gasteiger partial charge in [-0.25, -0.2) is 0 Å². The van der Waals surface area contributed by atoms with E-state index in [9.17, 15) is 0 Å². The second-order valence-corrected chi connectivity index (χ2v) is 7.72. The van der Waals surface area contributed by atoms with E-state index in [4.69, 9.17) is 0 Å². The lowest BCUT2D eigenvalue weighted by Crippen LogP contribution is -2.22. The van der Waals surface area contributed by atoms with Crippen LogP contribution in [0.2, 0.25) is 0 Å². The number of amidine groups is 2.